The highest BCUT2D eigenvalue weighted by atomic mass is 32.2. The van der Waals surface area contributed by atoms with Crippen molar-refractivity contribution in [3.05, 3.63) is 29.8 Å². The molecule has 1 aromatic carbocycles. The molecule has 20 heavy (non-hydrogen) atoms. The normalized spacial score (nSPS) is 20.2. The SMILES string of the molecule is N#Cc1ccc(S(=O)(=O)N2CCSCC2C(=O)O)cc1. The summed E-state index contributed by atoms with van der Waals surface area (Å²) in [6, 6.07) is 6.32. The van der Waals surface area contributed by atoms with Crippen LogP contribution in [0.5, 0.6) is 0 Å². The van der Waals surface area contributed by atoms with Gasteiger partial charge in [0.2, 0.25) is 10.0 Å². The van der Waals surface area contributed by atoms with Gasteiger partial charge in [-0.3, -0.25) is 4.79 Å². The highest BCUT2D eigenvalue weighted by Crippen LogP contribution is 2.25. The average molecular weight is 312 g/mol. The third-order valence-electron chi connectivity index (χ3n) is 2.95. The number of carbonyl (C=O) groups is 1. The molecule has 1 aliphatic heterocycles. The van der Waals surface area contributed by atoms with E-state index in [0.29, 0.717) is 11.3 Å². The van der Waals surface area contributed by atoms with Gasteiger partial charge in [0.15, 0.2) is 0 Å². The molecule has 1 atom stereocenters. The largest absolute Gasteiger partial charge is 0.480 e. The summed E-state index contributed by atoms with van der Waals surface area (Å²) in [6.07, 6.45) is 0. The zero-order valence-corrected chi connectivity index (χ0v) is 12.0. The lowest BCUT2D eigenvalue weighted by atomic mass is 10.2. The summed E-state index contributed by atoms with van der Waals surface area (Å²) in [6.45, 7) is 0.171. The number of carboxylic acid groups (broad SMARTS) is 1. The van der Waals surface area contributed by atoms with E-state index >= 15 is 0 Å². The van der Waals surface area contributed by atoms with Gasteiger partial charge in [0.25, 0.3) is 0 Å². The topological polar surface area (TPSA) is 98.5 Å². The van der Waals surface area contributed by atoms with Gasteiger partial charge in [0.05, 0.1) is 16.5 Å². The van der Waals surface area contributed by atoms with Crippen LogP contribution in [0.4, 0.5) is 0 Å². The van der Waals surface area contributed by atoms with Crippen molar-refractivity contribution >= 4 is 27.8 Å². The van der Waals surface area contributed by atoms with Gasteiger partial charge in [-0.05, 0) is 24.3 Å². The molecule has 0 radical (unpaired) electrons. The maximum atomic E-state index is 12.5. The van der Waals surface area contributed by atoms with E-state index in [1.165, 1.54) is 36.0 Å². The van der Waals surface area contributed by atoms with Crippen molar-refractivity contribution in [3.8, 4) is 6.07 Å². The minimum absolute atomic E-state index is 0.00894. The zero-order valence-electron chi connectivity index (χ0n) is 10.4. The Labute approximate surface area is 121 Å². The molecule has 1 aliphatic rings. The van der Waals surface area contributed by atoms with Gasteiger partial charge in [-0.25, -0.2) is 8.42 Å². The standard InChI is InChI=1S/C12H12N2O4S2/c13-7-9-1-3-10(4-2-9)20(17,18)14-5-6-19-8-11(14)12(15)16/h1-4,11H,5-6,8H2,(H,15,16). The maximum absolute atomic E-state index is 12.5. The molecule has 6 nitrogen and oxygen atoms in total. The molecule has 1 heterocycles. The quantitative estimate of drug-likeness (QED) is 0.884. The fourth-order valence-electron chi connectivity index (χ4n) is 1.91. The third kappa shape index (κ3) is 2.80. The van der Waals surface area contributed by atoms with Crippen LogP contribution in [0, 0.1) is 11.3 Å². The van der Waals surface area contributed by atoms with E-state index in [1.807, 2.05) is 6.07 Å². The molecule has 0 amide bonds. The molecule has 1 N–H and O–H groups in total. The van der Waals surface area contributed by atoms with Crippen LogP contribution in [-0.4, -0.2) is 47.9 Å². The summed E-state index contributed by atoms with van der Waals surface area (Å²) in [4.78, 5) is 11.2. The van der Waals surface area contributed by atoms with Gasteiger partial charge in [-0.15, -0.1) is 0 Å². The van der Waals surface area contributed by atoms with E-state index in [1.54, 1.807) is 0 Å². The third-order valence-corrected chi connectivity index (χ3v) is 5.90. The van der Waals surface area contributed by atoms with E-state index in [0.717, 1.165) is 4.31 Å². The Morgan fingerprint density at radius 1 is 1.40 bits per heavy atom. The van der Waals surface area contributed by atoms with Crippen LogP contribution in [0.25, 0.3) is 0 Å². The van der Waals surface area contributed by atoms with Crippen molar-refractivity contribution in [2.75, 3.05) is 18.1 Å². The van der Waals surface area contributed by atoms with E-state index in [4.69, 9.17) is 10.4 Å². The van der Waals surface area contributed by atoms with Crippen LogP contribution in [0.2, 0.25) is 0 Å². The monoisotopic (exact) mass is 312 g/mol. The van der Waals surface area contributed by atoms with Crippen molar-refractivity contribution in [3.63, 3.8) is 0 Å². The molecule has 106 valence electrons. The smallest absolute Gasteiger partial charge is 0.322 e. The minimum atomic E-state index is -3.85. The molecule has 2 rings (SSSR count). The molecule has 8 heteroatoms. The molecule has 1 fully saturated rings. The molecular formula is C12H12N2O4S2. The van der Waals surface area contributed by atoms with Crippen molar-refractivity contribution in [2.24, 2.45) is 0 Å². The lowest BCUT2D eigenvalue weighted by Gasteiger charge is -2.31. The summed E-state index contributed by atoms with van der Waals surface area (Å²) in [5.74, 6) is -0.334. The van der Waals surface area contributed by atoms with Crippen LogP contribution in [0.3, 0.4) is 0 Å². The first kappa shape index (κ1) is 14.8. The summed E-state index contributed by atoms with van der Waals surface area (Å²) in [7, 11) is -3.85. The number of sulfonamides is 1. The van der Waals surface area contributed by atoms with Gasteiger partial charge in [-0.1, -0.05) is 0 Å². The Morgan fingerprint density at radius 3 is 2.60 bits per heavy atom. The number of rotatable bonds is 3. The first-order valence-corrected chi connectivity index (χ1v) is 8.39. The summed E-state index contributed by atoms with van der Waals surface area (Å²) >= 11 is 1.42. The summed E-state index contributed by atoms with van der Waals surface area (Å²) < 4.78 is 26.0. The molecule has 0 saturated carbocycles. The van der Waals surface area contributed by atoms with E-state index in [2.05, 4.69) is 0 Å². The van der Waals surface area contributed by atoms with Crippen LogP contribution < -0.4 is 0 Å². The second-order valence-corrected chi connectivity index (χ2v) is 7.22. The molecule has 0 spiro atoms. The first-order valence-electron chi connectivity index (χ1n) is 5.79. The number of aliphatic carboxylic acids is 1. The van der Waals surface area contributed by atoms with Gasteiger partial charge in [0, 0.05) is 18.1 Å². The van der Waals surface area contributed by atoms with Gasteiger partial charge in [0.1, 0.15) is 6.04 Å². The van der Waals surface area contributed by atoms with Crippen LogP contribution in [0.15, 0.2) is 29.2 Å². The number of hydrogen-bond donors (Lipinski definition) is 1. The molecule has 0 aliphatic carbocycles. The average Bonchev–Trinajstić information content (AvgIpc) is 2.47. The fraction of sp³-hybridized carbons (Fsp3) is 0.333. The number of thioether (sulfide) groups is 1. The lowest BCUT2D eigenvalue weighted by molar-refractivity contribution is -0.140. The van der Waals surface area contributed by atoms with Crippen molar-refractivity contribution in [1.82, 2.24) is 4.31 Å². The number of nitriles is 1. The molecule has 1 aromatic rings. The van der Waals surface area contributed by atoms with Crippen molar-refractivity contribution in [1.29, 1.82) is 5.26 Å². The Morgan fingerprint density at radius 2 is 2.05 bits per heavy atom. The predicted molar refractivity (Wildman–Crippen MR) is 73.8 cm³/mol. The van der Waals surface area contributed by atoms with Crippen molar-refractivity contribution in [2.45, 2.75) is 10.9 Å². The van der Waals surface area contributed by atoms with Crippen LogP contribution in [-0.2, 0) is 14.8 Å². The van der Waals surface area contributed by atoms with E-state index in [-0.39, 0.29) is 17.2 Å². The molecule has 0 bridgehead atoms. The van der Waals surface area contributed by atoms with Gasteiger partial charge >= 0.3 is 5.97 Å². The number of hydrogen-bond acceptors (Lipinski definition) is 5. The number of nitrogens with zero attached hydrogens (tertiary/aromatic N) is 2. The second-order valence-electron chi connectivity index (χ2n) is 4.18. The molecule has 1 saturated heterocycles. The van der Waals surface area contributed by atoms with Gasteiger partial charge < -0.3 is 5.11 Å². The van der Waals surface area contributed by atoms with E-state index in [9.17, 15) is 13.2 Å². The summed E-state index contributed by atoms with van der Waals surface area (Å²) in [5, 5.41) is 17.8. The Balaban J connectivity index is 2.37. The first-order chi connectivity index (χ1) is 9.46. The Hall–Kier alpha value is -1.56. The van der Waals surface area contributed by atoms with E-state index < -0.39 is 22.0 Å². The Bertz CT molecular complexity index is 649. The summed E-state index contributed by atoms with van der Waals surface area (Å²) in [5.41, 5.74) is 0.355. The minimum Gasteiger partial charge on any atom is -0.480 e. The zero-order chi connectivity index (χ0) is 14.8. The second kappa shape index (κ2) is 5.83. The van der Waals surface area contributed by atoms with Crippen LogP contribution in [0.1, 0.15) is 5.56 Å². The molecule has 0 aromatic heterocycles. The fourth-order valence-corrected chi connectivity index (χ4v) is 4.74. The predicted octanol–water partition coefficient (Wildman–Crippen LogP) is 0.749. The highest BCUT2D eigenvalue weighted by molar-refractivity contribution is 7.99. The van der Waals surface area contributed by atoms with Gasteiger partial charge in [-0.2, -0.15) is 21.3 Å². The highest BCUT2D eigenvalue weighted by Gasteiger charge is 2.37. The van der Waals surface area contributed by atoms with Crippen molar-refractivity contribution < 1.29 is 18.3 Å². The maximum Gasteiger partial charge on any atom is 0.322 e. The Kier molecular flexibility index (Phi) is 4.32. The lowest BCUT2D eigenvalue weighted by Crippen LogP contribution is -2.50. The number of carboxylic acids is 1. The molecule has 1 unspecified atom stereocenters. The van der Waals surface area contributed by atoms with Crippen LogP contribution >= 0.6 is 11.8 Å². The number of benzene rings is 1. The molecular weight excluding hydrogens is 300 g/mol.